The van der Waals surface area contributed by atoms with E-state index in [4.69, 9.17) is 5.73 Å². The first-order chi connectivity index (χ1) is 7.15. The molecule has 7 nitrogen and oxygen atoms in total. The maximum Gasteiger partial charge on any atom is 0.300 e. The van der Waals surface area contributed by atoms with Gasteiger partial charge < -0.3 is 5.73 Å². The summed E-state index contributed by atoms with van der Waals surface area (Å²) in [4.78, 5) is 11.8. The van der Waals surface area contributed by atoms with Crippen LogP contribution in [0.5, 0.6) is 0 Å². The zero-order chi connectivity index (χ0) is 11.0. The van der Waals surface area contributed by atoms with Gasteiger partial charge in [-0.1, -0.05) is 6.08 Å². The summed E-state index contributed by atoms with van der Waals surface area (Å²) in [6, 6.07) is 0. The molecule has 0 aromatic carbocycles. The monoisotopic (exact) mass is 206 g/mol. The number of allylic oxidation sites excluding steroid dienone is 1. The number of aryl methyl sites for hydroxylation is 1. The fourth-order valence-corrected chi connectivity index (χ4v) is 1.30. The van der Waals surface area contributed by atoms with E-state index in [1.807, 2.05) is 0 Å². The quantitative estimate of drug-likeness (QED) is 0.660. The second-order valence-corrected chi connectivity index (χ2v) is 3.05. The van der Waals surface area contributed by atoms with Gasteiger partial charge in [0.1, 0.15) is 0 Å². The van der Waals surface area contributed by atoms with E-state index in [-0.39, 0.29) is 17.2 Å². The van der Waals surface area contributed by atoms with Gasteiger partial charge >= 0.3 is 5.56 Å². The van der Waals surface area contributed by atoms with Crippen LogP contribution < -0.4 is 11.3 Å². The maximum atomic E-state index is 11.8. The average Bonchev–Trinajstić information content (AvgIpc) is 2.55. The SMILES string of the molecule is C=CCn1c(N)nn2c(C)nnc2c1=O. The third-order valence-electron chi connectivity index (χ3n) is 2.02. The molecule has 0 spiro atoms. The number of hydrogen-bond acceptors (Lipinski definition) is 5. The maximum absolute atomic E-state index is 11.8. The smallest absolute Gasteiger partial charge is 0.300 e. The highest BCUT2D eigenvalue weighted by Crippen LogP contribution is 1.99. The highest BCUT2D eigenvalue weighted by Gasteiger charge is 2.11. The Bertz CT molecular complexity index is 581. The lowest BCUT2D eigenvalue weighted by molar-refractivity contribution is 0.725. The molecule has 2 N–H and O–H groups in total. The largest absolute Gasteiger partial charge is 0.368 e. The number of fused-ring (bicyclic) bond motifs is 1. The van der Waals surface area contributed by atoms with Crippen molar-refractivity contribution in [1.29, 1.82) is 0 Å². The number of anilines is 1. The molecule has 15 heavy (non-hydrogen) atoms. The van der Waals surface area contributed by atoms with Gasteiger partial charge in [-0.25, -0.2) is 0 Å². The Kier molecular flexibility index (Phi) is 2.00. The second-order valence-electron chi connectivity index (χ2n) is 3.05. The van der Waals surface area contributed by atoms with E-state index in [0.29, 0.717) is 12.4 Å². The highest BCUT2D eigenvalue weighted by atomic mass is 16.1. The molecular formula is C8H10N6O. The molecule has 0 fully saturated rings. The van der Waals surface area contributed by atoms with Gasteiger partial charge in [-0.15, -0.1) is 21.9 Å². The standard InChI is InChI=1S/C8H10N6O/c1-3-4-13-7(15)6-11-10-5(2)14(6)12-8(13)9/h3H,1,4H2,2H3,(H2,9,12). The zero-order valence-corrected chi connectivity index (χ0v) is 8.21. The molecule has 78 valence electrons. The van der Waals surface area contributed by atoms with E-state index in [1.54, 1.807) is 13.0 Å². The molecule has 0 unspecified atom stereocenters. The lowest BCUT2D eigenvalue weighted by atomic mass is 10.5. The molecule has 0 aliphatic heterocycles. The molecule has 0 saturated heterocycles. The molecule has 0 radical (unpaired) electrons. The van der Waals surface area contributed by atoms with Crippen LogP contribution in [0, 0.1) is 6.92 Å². The van der Waals surface area contributed by atoms with Gasteiger partial charge in [0.05, 0.1) is 0 Å². The number of nitrogens with zero attached hydrogens (tertiary/aromatic N) is 5. The molecular weight excluding hydrogens is 196 g/mol. The Morgan fingerprint density at radius 3 is 2.93 bits per heavy atom. The number of hydrogen-bond donors (Lipinski definition) is 1. The molecule has 7 heteroatoms. The van der Waals surface area contributed by atoms with Gasteiger partial charge in [0, 0.05) is 6.54 Å². The van der Waals surface area contributed by atoms with Gasteiger partial charge in [-0.2, -0.15) is 4.52 Å². The van der Waals surface area contributed by atoms with Gasteiger partial charge in [-0.3, -0.25) is 9.36 Å². The van der Waals surface area contributed by atoms with Crippen LogP contribution in [0.2, 0.25) is 0 Å². The first-order valence-electron chi connectivity index (χ1n) is 4.34. The summed E-state index contributed by atoms with van der Waals surface area (Å²) in [6.07, 6.45) is 1.57. The third kappa shape index (κ3) is 1.28. The number of rotatable bonds is 2. The van der Waals surface area contributed by atoms with Gasteiger partial charge in [-0.05, 0) is 6.92 Å². The predicted octanol–water partition coefficient (Wildman–Crippen LogP) is -0.637. The molecule has 0 amide bonds. The predicted molar refractivity (Wildman–Crippen MR) is 54.4 cm³/mol. The Morgan fingerprint density at radius 2 is 2.27 bits per heavy atom. The third-order valence-corrected chi connectivity index (χ3v) is 2.02. The summed E-state index contributed by atoms with van der Waals surface area (Å²) < 4.78 is 2.62. The summed E-state index contributed by atoms with van der Waals surface area (Å²) >= 11 is 0. The van der Waals surface area contributed by atoms with Crippen LogP contribution in [0.3, 0.4) is 0 Å². The molecule has 2 aromatic rings. The molecule has 0 aliphatic carbocycles. The lowest BCUT2D eigenvalue weighted by Gasteiger charge is -2.05. The van der Waals surface area contributed by atoms with Crippen LogP contribution in [0.4, 0.5) is 5.95 Å². The molecule has 2 rings (SSSR count). The Hall–Kier alpha value is -2.18. The van der Waals surface area contributed by atoms with E-state index >= 15 is 0 Å². The van der Waals surface area contributed by atoms with E-state index in [9.17, 15) is 4.79 Å². The summed E-state index contributed by atoms with van der Waals surface area (Å²) in [5.74, 6) is 0.648. The van der Waals surface area contributed by atoms with Crippen molar-refractivity contribution in [3.63, 3.8) is 0 Å². The van der Waals surface area contributed by atoms with Gasteiger partial charge in [0.25, 0.3) is 0 Å². The Labute approximate surface area is 84.8 Å². The van der Waals surface area contributed by atoms with Crippen LogP contribution in [0.25, 0.3) is 5.65 Å². The zero-order valence-electron chi connectivity index (χ0n) is 8.21. The van der Waals surface area contributed by atoms with Crippen LogP contribution >= 0.6 is 0 Å². The van der Waals surface area contributed by atoms with Crippen molar-refractivity contribution in [2.45, 2.75) is 13.5 Å². The van der Waals surface area contributed by atoms with Crippen LogP contribution in [0.15, 0.2) is 17.4 Å². The minimum atomic E-state index is -0.317. The average molecular weight is 206 g/mol. The molecule has 2 heterocycles. The number of nitrogens with two attached hydrogens (primary N) is 1. The number of nitrogen functional groups attached to an aromatic ring is 1. The topological polar surface area (TPSA) is 91.1 Å². The minimum Gasteiger partial charge on any atom is -0.368 e. The number of aromatic nitrogens is 5. The van der Waals surface area contributed by atoms with Crippen LogP contribution in [-0.2, 0) is 6.54 Å². The van der Waals surface area contributed by atoms with Crippen molar-refractivity contribution < 1.29 is 0 Å². The van der Waals surface area contributed by atoms with E-state index in [1.165, 1.54) is 9.08 Å². The van der Waals surface area contributed by atoms with Crippen molar-refractivity contribution in [3.8, 4) is 0 Å². The Morgan fingerprint density at radius 1 is 1.53 bits per heavy atom. The van der Waals surface area contributed by atoms with E-state index in [2.05, 4.69) is 21.9 Å². The summed E-state index contributed by atoms with van der Waals surface area (Å²) in [6.45, 7) is 5.54. The molecule has 0 saturated carbocycles. The van der Waals surface area contributed by atoms with Crippen LogP contribution in [-0.4, -0.2) is 24.4 Å². The highest BCUT2D eigenvalue weighted by molar-refractivity contribution is 5.36. The first-order valence-corrected chi connectivity index (χ1v) is 4.34. The van der Waals surface area contributed by atoms with Crippen LogP contribution in [0.1, 0.15) is 5.82 Å². The van der Waals surface area contributed by atoms with Crippen molar-refractivity contribution in [2.75, 3.05) is 5.73 Å². The molecule has 0 aliphatic rings. The van der Waals surface area contributed by atoms with Crippen molar-refractivity contribution in [3.05, 3.63) is 28.8 Å². The molecule has 2 aromatic heterocycles. The molecule has 0 bridgehead atoms. The fourth-order valence-electron chi connectivity index (χ4n) is 1.30. The first kappa shape index (κ1) is 9.38. The van der Waals surface area contributed by atoms with Gasteiger partial charge in [0.15, 0.2) is 5.82 Å². The van der Waals surface area contributed by atoms with E-state index in [0.717, 1.165) is 0 Å². The lowest BCUT2D eigenvalue weighted by Crippen LogP contribution is -2.26. The normalized spacial score (nSPS) is 10.7. The van der Waals surface area contributed by atoms with Crippen molar-refractivity contribution in [1.82, 2.24) is 24.4 Å². The minimum absolute atomic E-state index is 0.121. The van der Waals surface area contributed by atoms with Crippen molar-refractivity contribution in [2.24, 2.45) is 0 Å². The fraction of sp³-hybridized carbons (Fsp3) is 0.250. The summed E-state index contributed by atoms with van der Waals surface area (Å²) in [5, 5.41) is 11.5. The Balaban J connectivity index is 2.85. The molecule has 0 atom stereocenters. The summed E-state index contributed by atoms with van der Waals surface area (Å²) in [5.41, 5.74) is 5.48. The van der Waals surface area contributed by atoms with Crippen molar-refractivity contribution >= 4 is 11.6 Å². The summed E-state index contributed by atoms with van der Waals surface area (Å²) in [7, 11) is 0. The second kappa shape index (κ2) is 3.19. The van der Waals surface area contributed by atoms with Gasteiger partial charge in [0.2, 0.25) is 11.6 Å². The van der Waals surface area contributed by atoms with E-state index < -0.39 is 0 Å².